The molecule has 1 aromatic carbocycles. The first-order chi connectivity index (χ1) is 8.87. The lowest BCUT2D eigenvalue weighted by Gasteiger charge is -2.22. The van der Waals surface area contributed by atoms with E-state index in [9.17, 15) is 13.5 Å². The second-order valence-corrected chi connectivity index (χ2v) is 7.64. The topological polar surface area (TPSA) is 57.6 Å². The minimum Gasteiger partial charge on any atom is -0.392 e. The number of aryl methyl sites for hydroxylation is 1. The highest BCUT2D eigenvalue weighted by Crippen LogP contribution is 2.33. The van der Waals surface area contributed by atoms with Gasteiger partial charge in [0.2, 0.25) is 10.0 Å². The van der Waals surface area contributed by atoms with E-state index in [4.69, 9.17) is 0 Å². The number of aliphatic hydroxyl groups excluding tert-OH is 1. The standard InChI is InChI=1S/C13H18BrNO3S/c1-9-6-11(8-16)7-12(13(9)14)19(17,18)15-5-3-4-10(15)2/h6-7,10,16H,3-5,8H2,1-2H3. The number of halogens is 1. The molecule has 1 fully saturated rings. The van der Waals surface area contributed by atoms with Crippen molar-refractivity contribution in [3.8, 4) is 0 Å². The zero-order chi connectivity index (χ0) is 14.2. The van der Waals surface area contributed by atoms with Gasteiger partial charge in [0.05, 0.1) is 11.5 Å². The van der Waals surface area contributed by atoms with Crippen molar-refractivity contribution in [2.45, 2.75) is 44.2 Å². The maximum absolute atomic E-state index is 12.7. The number of hydrogen-bond acceptors (Lipinski definition) is 3. The molecule has 4 nitrogen and oxygen atoms in total. The molecule has 0 saturated carbocycles. The molecule has 1 heterocycles. The molecule has 0 aromatic heterocycles. The largest absolute Gasteiger partial charge is 0.392 e. The lowest BCUT2D eigenvalue weighted by Crippen LogP contribution is -2.34. The second kappa shape index (κ2) is 5.52. The summed E-state index contributed by atoms with van der Waals surface area (Å²) in [5.74, 6) is 0. The highest BCUT2D eigenvalue weighted by Gasteiger charge is 2.34. The Morgan fingerprint density at radius 3 is 2.68 bits per heavy atom. The van der Waals surface area contributed by atoms with Gasteiger partial charge in [0.15, 0.2) is 0 Å². The van der Waals surface area contributed by atoms with Crippen LogP contribution in [0.5, 0.6) is 0 Å². The normalized spacial score (nSPS) is 20.9. The predicted octanol–water partition coefficient (Wildman–Crippen LogP) is 2.42. The molecule has 1 aliphatic heterocycles. The van der Waals surface area contributed by atoms with Gasteiger partial charge >= 0.3 is 0 Å². The summed E-state index contributed by atoms with van der Waals surface area (Å²) >= 11 is 3.36. The van der Waals surface area contributed by atoms with E-state index in [1.807, 2.05) is 13.8 Å². The third-order valence-corrected chi connectivity index (χ3v) is 6.89. The summed E-state index contributed by atoms with van der Waals surface area (Å²) in [6.45, 7) is 4.17. The van der Waals surface area contributed by atoms with E-state index in [2.05, 4.69) is 15.9 Å². The van der Waals surface area contributed by atoms with Crippen molar-refractivity contribution in [2.24, 2.45) is 0 Å². The Morgan fingerprint density at radius 1 is 1.47 bits per heavy atom. The molecule has 0 aliphatic carbocycles. The first-order valence-electron chi connectivity index (χ1n) is 6.29. The van der Waals surface area contributed by atoms with Crippen LogP contribution in [0.15, 0.2) is 21.5 Å². The van der Waals surface area contributed by atoms with Gasteiger partial charge in [0.1, 0.15) is 0 Å². The number of nitrogens with zero attached hydrogens (tertiary/aromatic N) is 1. The van der Waals surface area contributed by atoms with E-state index in [1.165, 1.54) is 0 Å². The molecule has 1 aromatic rings. The molecule has 1 atom stereocenters. The molecule has 0 amide bonds. The van der Waals surface area contributed by atoms with E-state index >= 15 is 0 Å². The van der Waals surface area contributed by atoms with Gasteiger partial charge in [0.25, 0.3) is 0 Å². The Kier molecular flexibility index (Phi) is 4.35. The average molecular weight is 348 g/mol. The Labute approximate surface area is 122 Å². The van der Waals surface area contributed by atoms with E-state index in [0.717, 1.165) is 18.4 Å². The van der Waals surface area contributed by atoms with Gasteiger partial charge in [-0.25, -0.2) is 8.42 Å². The molecule has 0 radical (unpaired) electrons. The molecule has 1 saturated heterocycles. The maximum atomic E-state index is 12.7. The van der Waals surface area contributed by atoms with Gasteiger partial charge in [-0.15, -0.1) is 0 Å². The molecule has 106 valence electrons. The summed E-state index contributed by atoms with van der Waals surface area (Å²) in [6, 6.07) is 3.38. The molecule has 2 rings (SSSR count). The molecule has 1 unspecified atom stereocenters. The fourth-order valence-corrected chi connectivity index (χ4v) is 5.21. The van der Waals surface area contributed by atoms with Crippen LogP contribution in [-0.2, 0) is 16.6 Å². The van der Waals surface area contributed by atoms with Crippen LogP contribution < -0.4 is 0 Å². The van der Waals surface area contributed by atoms with E-state index in [1.54, 1.807) is 16.4 Å². The predicted molar refractivity (Wildman–Crippen MR) is 77.4 cm³/mol. The minimum absolute atomic E-state index is 0.0370. The van der Waals surface area contributed by atoms with E-state index in [-0.39, 0.29) is 17.5 Å². The molecular formula is C13H18BrNO3S. The third-order valence-electron chi connectivity index (χ3n) is 3.54. The fourth-order valence-electron chi connectivity index (χ4n) is 2.48. The summed E-state index contributed by atoms with van der Waals surface area (Å²) in [5.41, 5.74) is 1.43. The van der Waals surface area contributed by atoms with Crippen LogP contribution in [0.1, 0.15) is 30.9 Å². The Balaban J connectivity index is 2.54. The highest BCUT2D eigenvalue weighted by atomic mass is 79.9. The number of hydrogen-bond donors (Lipinski definition) is 1. The Morgan fingerprint density at radius 2 is 2.16 bits per heavy atom. The quantitative estimate of drug-likeness (QED) is 0.913. The van der Waals surface area contributed by atoms with Gasteiger partial charge in [-0.2, -0.15) is 4.31 Å². The summed E-state index contributed by atoms with van der Waals surface area (Å²) in [4.78, 5) is 0.255. The summed E-state index contributed by atoms with van der Waals surface area (Å²) in [5, 5.41) is 9.24. The van der Waals surface area contributed by atoms with Crippen LogP contribution >= 0.6 is 15.9 Å². The van der Waals surface area contributed by atoms with E-state index < -0.39 is 10.0 Å². The number of benzene rings is 1. The highest BCUT2D eigenvalue weighted by molar-refractivity contribution is 9.10. The Hall–Kier alpha value is -0.430. The summed E-state index contributed by atoms with van der Waals surface area (Å²) in [7, 11) is -3.50. The zero-order valence-corrected chi connectivity index (χ0v) is 13.5. The molecule has 19 heavy (non-hydrogen) atoms. The van der Waals surface area contributed by atoms with Crippen LogP contribution in [0, 0.1) is 6.92 Å². The average Bonchev–Trinajstić information content (AvgIpc) is 2.79. The van der Waals surface area contributed by atoms with E-state index in [0.29, 0.717) is 16.6 Å². The summed E-state index contributed by atoms with van der Waals surface area (Å²) in [6.07, 6.45) is 1.80. The van der Waals surface area contributed by atoms with Crippen molar-refractivity contribution in [2.75, 3.05) is 6.54 Å². The van der Waals surface area contributed by atoms with Gasteiger partial charge in [-0.3, -0.25) is 0 Å². The van der Waals surface area contributed by atoms with Crippen LogP contribution in [-0.4, -0.2) is 30.4 Å². The van der Waals surface area contributed by atoms with Crippen LogP contribution in [0.3, 0.4) is 0 Å². The van der Waals surface area contributed by atoms with Crippen molar-refractivity contribution >= 4 is 26.0 Å². The van der Waals surface area contributed by atoms with Crippen LogP contribution in [0.25, 0.3) is 0 Å². The SMILES string of the molecule is Cc1cc(CO)cc(S(=O)(=O)N2CCCC2C)c1Br. The first kappa shape index (κ1) is 15.0. The van der Waals surface area contributed by atoms with Gasteiger partial charge in [-0.05, 0) is 59.8 Å². The molecule has 1 N–H and O–H groups in total. The monoisotopic (exact) mass is 347 g/mol. The third kappa shape index (κ3) is 2.72. The van der Waals surface area contributed by atoms with Crippen molar-refractivity contribution in [1.29, 1.82) is 0 Å². The van der Waals surface area contributed by atoms with Crippen molar-refractivity contribution in [3.63, 3.8) is 0 Å². The van der Waals surface area contributed by atoms with Crippen molar-refractivity contribution < 1.29 is 13.5 Å². The lowest BCUT2D eigenvalue weighted by molar-refractivity contribution is 0.281. The lowest BCUT2D eigenvalue weighted by atomic mass is 10.1. The van der Waals surface area contributed by atoms with Crippen molar-refractivity contribution in [1.82, 2.24) is 4.31 Å². The van der Waals surface area contributed by atoms with Gasteiger partial charge < -0.3 is 5.11 Å². The number of aliphatic hydroxyl groups is 1. The molecule has 0 spiro atoms. The zero-order valence-electron chi connectivity index (χ0n) is 11.1. The van der Waals surface area contributed by atoms with Crippen molar-refractivity contribution in [3.05, 3.63) is 27.7 Å². The fraction of sp³-hybridized carbons (Fsp3) is 0.538. The minimum atomic E-state index is -3.50. The van der Waals surface area contributed by atoms with Crippen LogP contribution in [0.4, 0.5) is 0 Å². The maximum Gasteiger partial charge on any atom is 0.244 e. The number of sulfonamides is 1. The molecule has 6 heteroatoms. The molecule has 0 bridgehead atoms. The van der Waals surface area contributed by atoms with Gasteiger partial charge in [-0.1, -0.05) is 6.07 Å². The Bertz CT molecular complexity index is 586. The number of rotatable bonds is 3. The van der Waals surface area contributed by atoms with Crippen LogP contribution in [0.2, 0.25) is 0 Å². The second-order valence-electron chi connectivity index (χ2n) is 4.99. The summed E-state index contributed by atoms with van der Waals surface area (Å²) < 4.78 is 27.5. The molecular weight excluding hydrogens is 330 g/mol. The molecule has 1 aliphatic rings. The first-order valence-corrected chi connectivity index (χ1v) is 8.53. The smallest absolute Gasteiger partial charge is 0.244 e. The van der Waals surface area contributed by atoms with Gasteiger partial charge in [0, 0.05) is 17.1 Å².